The largest absolute Gasteiger partial charge is 0.399 e. The molecule has 1 aliphatic heterocycles. The molecule has 110 valence electrons. The number of carbonyl (C=O) groups is 1. The molecule has 1 amide bonds. The van der Waals surface area contributed by atoms with Gasteiger partial charge in [0, 0.05) is 42.0 Å². The maximum absolute atomic E-state index is 12.4. The molecular weight excluding hydrogens is 350 g/mol. The summed E-state index contributed by atoms with van der Waals surface area (Å²) >= 11 is 4.91. The summed E-state index contributed by atoms with van der Waals surface area (Å²) < 4.78 is 0.885. The molecule has 21 heavy (non-hydrogen) atoms. The minimum Gasteiger partial charge on any atom is -0.399 e. The Kier molecular flexibility index (Phi) is 4.17. The first-order chi connectivity index (χ1) is 10.1. The molecule has 1 saturated heterocycles. The lowest BCUT2D eigenvalue weighted by Gasteiger charge is -2.36. The van der Waals surface area contributed by atoms with Crippen LogP contribution >= 0.6 is 27.3 Å². The third-order valence-electron chi connectivity index (χ3n) is 3.61. The molecule has 2 aromatic rings. The summed E-state index contributed by atoms with van der Waals surface area (Å²) in [6, 6.07) is 9.81. The van der Waals surface area contributed by atoms with Gasteiger partial charge in [0.2, 0.25) is 0 Å². The Labute approximate surface area is 136 Å². The lowest BCUT2D eigenvalue weighted by molar-refractivity contribution is 0.0751. The maximum Gasteiger partial charge on any atom is 0.265 e. The van der Waals surface area contributed by atoms with Gasteiger partial charge in [-0.25, -0.2) is 0 Å². The van der Waals surface area contributed by atoms with E-state index < -0.39 is 0 Å². The van der Waals surface area contributed by atoms with E-state index in [-0.39, 0.29) is 5.91 Å². The van der Waals surface area contributed by atoms with E-state index in [1.165, 1.54) is 11.3 Å². The van der Waals surface area contributed by atoms with Gasteiger partial charge < -0.3 is 15.5 Å². The average Bonchev–Trinajstić information content (AvgIpc) is 2.93. The Morgan fingerprint density at radius 3 is 2.57 bits per heavy atom. The molecule has 4 nitrogen and oxygen atoms in total. The molecule has 6 heteroatoms. The molecule has 0 unspecified atom stereocenters. The molecule has 0 saturated carbocycles. The second-order valence-corrected chi connectivity index (χ2v) is 6.74. The van der Waals surface area contributed by atoms with Crippen LogP contribution in [0, 0.1) is 0 Å². The Balaban J connectivity index is 1.65. The molecule has 2 N–H and O–H groups in total. The standard InChI is InChI=1S/C15H16BrN3OS/c16-13-4-9-21-14(13)15(20)19-7-5-18(6-8-19)12-3-1-2-11(17)10-12/h1-4,9-10H,5-8,17H2. The second kappa shape index (κ2) is 6.07. The van der Waals surface area contributed by atoms with Crippen molar-refractivity contribution >= 4 is 44.5 Å². The van der Waals surface area contributed by atoms with Gasteiger partial charge in [-0.15, -0.1) is 11.3 Å². The molecule has 1 fully saturated rings. The average molecular weight is 366 g/mol. The van der Waals surface area contributed by atoms with E-state index in [1.54, 1.807) is 0 Å². The van der Waals surface area contributed by atoms with Gasteiger partial charge in [-0.05, 0) is 45.6 Å². The van der Waals surface area contributed by atoms with Crippen molar-refractivity contribution in [3.05, 3.63) is 45.1 Å². The van der Waals surface area contributed by atoms with Crippen molar-refractivity contribution in [1.82, 2.24) is 4.90 Å². The lowest BCUT2D eigenvalue weighted by Crippen LogP contribution is -2.48. The van der Waals surface area contributed by atoms with Crippen molar-refractivity contribution in [2.45, 2.75) is 0 Å². The van der Waals surface area contributed by atoms with Gasteiger partial charge in [0.1, 0.15) is 4.88 Å². The van der Waals surface area contributed by atoms with Crippen molar-refractivity contribution in [2.75, 3.05) is 36.8 Å². The van der Waals surface area contributed by atoms with Gasteiger partial charge in [-0.2, -0.15) is 0 Å². The quantitative estimate of drug-likeness (QED) is 0.832. The van der Waals surface area contributed by atoms with E-state index in [2.05, 4.69) is 26.9 Å². The molecule has 0 radical (unpaired) electrons. The number of anilines is 2. The Bertz CT molecular complexity index is 650. The zero-order valence-electron chi connectivity index (χ0n) is 11.5. The summed E-state index contributed by atoms with van der Waals surface area (Å²) in [7, 11) is 0. The molecule has 1 aromatic heterocycles. The van der Waals surface area contributed by atoms with Crippen LogP contribution in [0.4, 0.5) is 11.4 Å². The molecule has 1 aromatic carbocycles. The molecular formula is C15H16BrN3OS. The zero-order valence-corrected chi connectivity index (χ0v) is 13.9. The summed E-state index contributed by atoms with van der Waals surface area (Å²) in [5.74, 6) is 0.115. The van der Waals surface area contributed by atoms with Crippen LogP contribution in [0.3, 0.4) is 0 Å². The van der Waals surface area contributed by atoms with Crippen LogP contribution in [0.1, 0.15) is 9.67 Å². The van der Waals surface area contributed by atoms with E-state index >= 15 is 0 Å². The van der Waals surface area contributed by atoms with Crippen LogP contribution in [0.15, 0.2) is 40.2 Å². The van der Waals surface area contributed by atoms with E-state index in [0.29, 0.717) is 0 Å². The van der Waals surface area contributed by atoms with Gasteiger partial charge in [0.25, 0.3) is 5.91 Å². The minimum atomic E-state index is 0.115. The number of carbonyl (C=O) groups excluding carboxylic acids is 1. The highest BCUT2D eigenvalue weighted by atomic mass is 79.9. The van der Waals surface area contributed by atoms with Crippen LogP contribution in [0.2, 0.25) is 0 Å². The number of benzene rings is 1. The van der Waals surface area contributed by atoms with E-state index in [1.807, 2.05) is 34.5 Å². The van der Waals surface area contributed by atoms with Gasteiger partial charge in [0.15, 0.2) is 0 Å². The van der Waals surface area contributed by atoms with Crippen molar-refractivity contribution in [3.8, 4) is 0 Å². The first-order valence-electron chi connectivity index (χ1n) is 6.78. The fourth-order valence-corrected chi connectivity index (χ4v) is 3.99. The smallest absolute Gasteiger partial charge is 0.265 e. The summed E-state index contributed by atoms with van der Waals surface area (Å²) in [6.07, 6.45) is 0. The first-order valence-corrected chi connectivity index (χ1v) is 8.45. The SMILES string of the molecule is Nc1cccc(N2CCN(C(=O)c3sccc3Br)CC2)c1. The maximum atomic E-state index is 12.4. The number of nitrogen functional groups attached to an aromatic ring is 1. The van der Waals surface area contributed by atoms with E-state index in [9.17, 15) is 4.79 Å². The molecule has 3 rings (SSSR count). The van der Waals surface area contributed by atoms with Crippen molar-refractivity contribution in [1.29, 1.82) is 0 Å². The van der Waals surface area contributed by atoms with Crippen LogP contribution in [0.5, 0.6) is 0 Å². The fraction of sp³-hybridized carbons (Fsp3) is 0.267. The molecule has 0 spiro atoms. The van der Waals surface area contributed by atoms with E-state index in [4.69, 9.17) is 5.73 Å². The van der Waals surface area contributed by atoms with Crippen LogP contribution < -0.4 is 10.6 Å². The zero-order chi connectivity index (χ0) is 14.8. The van der Waals surface area contributed by atoms with Crippen molar-refractivity contribution in [3.63, 3.8) is 0 Å². The first kappa shape index (κ1) is 14.4. The predicted octanol–water partition coefficient (Wildman–Crippen LogP) is 3.06. The second-order valence-electron chi connectivity index (χ2n) is 4.97. The van der Waals surface area contributed by atoms with Gasteiger partial charge in [-0.3, -0.25) is 4.79 Å². The highest BCUT2D eigenvalue weighted by Gasteiger charge is 2.24. The normalized spacial score (nSPS) is 15.3. The molecule has 0 aliphatic carbocycles. The summed E-state index contributed by atoms with van der Waals surface area (Å²) in [5.41, 5.74) is 7.72. The van der Waals surface area contributed by atoms with Crippen LogP contribution in [0.25, 0.3) is 0 Å². The Morgan fingerprint density at radius 1 is 1.19 bits per heavy atom. The fourth-order valence-electron chi connectivity index (χ4n) is 2.48. The highest BCUT2D eigenvalue weighted by Crippen LogP contribution is 2.25. The Morgan fingerprint density at radius 2 is 1.95 bits per heavy atom. The highest BCUT2D eigenvalue weighted by molar-refractivity contribution is 9.10. The number of piperazine rings is 1. The molecule has 1 aliphatic rings. The number of nitrogens with zero attached hydrogens (tertiary/aromatic N) is 2. The Hall–Kier alpha value is -1.53. The summed E-state index contributed by atoms with van der Waals surface area (Å²) in [4.78, 5) is 17.4. The summed E-state index contributed by atoms with van der Waals surface area (Å²) in [5, 5.41) is 1.93. The van der Waals surface area contributed by atoms with Crippen LogP contribution in [-0.2, 0) is 0 Å². The third kappa shape index (κ3) is 3.06. The van der Waals surface area contributed by atoms with Crippen LogP contribution in [-0.4, -0.2) is 37.0 Å². The number of rotatable bonds is 2. The summed E-state index contributed by atoms with van der Waals surface area (Å²) in [6.45, 7) is 3.13. The number of hydrogen-bond donors (Lipinski definition) is 1. The predicted molar refractivity (Wildman–Crippen MR) is 91.0 cm³/mol. The number of amides is 1. The lowest BCUT2D eigenvalue weighted by atomic mass is 10.2. The molecule has 2 heterocycles. The topological polar surface area (TPSA) is 49.6 Å². The van der Waals surface area contributed by atoms with Crippen molar-refractivity contribution < 1.29 is 4.79 Å². The number of halogens is 1. The minimum absolute atomic E-state index is 0.115. The van der Waals surface area contributed by atoms with E-state index in [0.717, 1.165) is 46.9 Å². The molecule has 0 bridgehead atoms. The molecule has 0 atom stereocenters. The van der Waals surface area contributed by atoms with Crippen molar-refractivity contribution in [2.24, 2.45) is 0 Å². The number of thiophene rings is 1. The monoisotopic (exact) mass is 365 g/mol. The third-order valence-corrected chi connectivity index (χ3v) is 5.44. The van der Waals surface area contributed by atoms with Gasteiger partial charge >= 0.3 is 0 Å². The van der Waals surface area contributed by atoms with Gasteiger partial charge in [-0.1, -0.05) is 6.07 Å². The number of nitrogens with two attached hydrogens (primary N) is 1. The number of hydrogen-bond acceptors (Lipinski definition) is 4. The van der Waals surface area contributed by atoms with Gasteiger partial charge in [0.05, 0.1) is 0 Å².